The van der Waals surface area contributed by atoms with Crippen LogP contribution in [0.3, 0.4) is 0 Å². The van der Waals surface area contributed by atoms with Crippen LogP contribution in [-0.2, 0) is 4.74 Å². The molecule has 100 valence electrons. The normalized spacial score (nSPS) is 23.0. The second kappa shape index (κ2) is 5.95. The van der Waals surface area contributed by atoms with E-state index in [2.05, 4.69) is 21.8 Å². The van der Waals surface area contributed by atoms with Gasteiger partial charge in [-0.3, -0.25) is 4.90 Å². The molecule has 0 aliphatic carbocycles. The Morgan fingerprint density at radius 1 is 1.61 bits per heavy atom. The first-order valence-electron chi connectivity index (χ1n) is 6.43. The Bertz CT molecular complexity index is 411. The van der Waals surface area contributed by atoms with Crippen molar-refractivity contribution in [2.45, 2.75) is 32.3 Å². The highest BCUT2D eigenvalue weighted by Crippen LogP contribution is 2.24. The van der Waals surface area contributed by atoms with Crippen LogP contribution in [0.2, 0.25) is 0 Å². The molecule has 1 aromatic rings. The number of alkyl halides is 1. The third-order valence-electron chi connectivity index (χ3n) is 3.35. The van der Waals surface area contributed by atoms with Crippen molar-refractivity contribution in [1.82, 2.24) is 14.9 Å². The van der Waals surface area contributed by atoms with E-state index in [9.17, 15) is 0 Å². The fraction of sp³-hybridized carbons (Fsp3) is 0.692. The molecule has 0 amide bonds. The summed E-state index contributed by atoms with van der Waals surface area (Å²) in [6.45, 7) is 9.70. The first kappa shape index (κ1) is 13.7. The number of likely N-dealkylation sites (N-methyl/N-ethyl adjacent to an activating group) is 1. The SMILES string of the molecule is CCN1CCOC(c2ncc(C(C)Cl)c(C)n2)C1. The van der Waals surface area contributed by atoms with Gasteiger partial charge in [-0.05, 0) is 20.4 Å². The summed E-state index contributed by atoms with van der Waals surface area (Å²) in [4.78, 5) is 11.3. The minimum absolute atomic E-state index is 0.0166. The molecular weight excluding hydrogens is 250 g/mol. The highest BCUT2D eigenvalue weighted by atomic mass is 35.5. The van der Waals surface area contributed by atoms with E-state index in [1.807, 2.05) is 20.0 Å². The molecule has 0 bridgehead atoms. The molecule has 0 aromatic carbocycles. The molecule has 1 saturated heterocycles. The Hall–Kier alpha value is -0.710. The number of aryl methyl sites for hydroxylation is 1. The van der Waals surface area contributed by atoms with Gasteiger partial charge < -0.3 is 4.74 Å². The zero-order valence-electron chi connectivity index (χ0n) is 11.2. The third kappa shape index (κ3) is 2.99. The van der Waals surface area contributed by atoms with E-state index in [1.54, 1.807) is 0 Å². The van der Waals surface area contributed by atoms with Gasteiger partial charge in [0, 0.05) is 30.5 Å². The fourth-order valence-corrected chi connectivity index (χ4v) is 2.40. The van der Waals surface area contributed by atoms with Gasteiger partial charge in [0.25, 0.3) is 0 Å². The van der Waals surface area contributed by atoms with Crippen LogP contribution in [0.15, 0.2) is 6.20 Å². The molecule has 1 aliphatic heterocycles. The number of rotatable bonds is 3. The Balaban J connectivity index is 2.16. The van der Waals surface area contributed by atoms with Gasteiger partial charge in [-0.1, -0.05) is 6.92 Å². The minimum atomic E-state index is -0.0570. The second-order valence-corrected chi connectivity index (χ2v) is 5.29. The van der Waals surface area contributed by atoms with E-state index in [0.717, 1.165) is 43.3 Å². The number of nitrogens with zero attached hydrogens (tertiary/aromatic N) is 3. The van der Waals surface area contributed by atoms with Crippen molar-refractivity contribution < 1.29 is 4.74 Å². The van der Waals surface area contributed by atoms with E-state index < -0.39 is 0 Å². The Labute approximate surface area is 113 Å². The lowest BCUT2D eigenvalue weighted by atomic mass is 10.1. The van der Waals surface area contributed by atoms with Gasteiger partial charge in [0.1, 0.15) is 6.10 Å². The molecule has 1 aliphatic rings. The van der Waals surface area contributed by atoms with Gasteiger partial charge in [0.15, 0.2) is 5.82 Å². The van der Waals surface area contributed by atoms with Crippen LogP contribution in [-0.4, -0.2) is 41.1 Å². The molecular formula is C13H20ClN3O. The predicted molar refractivity (Wildman–Crippen MR) is 71.8 cm³/mol. The van der Waals surface area contributed by atoms with Crippen molar-refractivity contribution in [3.63, 3.8) is 0 Å². The number of ether oxygens (including phenoxy) is 1. The first-order chi connectivity index (χ1) is 8.61. The summed E-state index contributed by atoms with van der Waals surface area (Å²) in [5.74, 6) is 0.770. The third-order valence-corrected chi connectivity index (χ3v) is 3.59. The number of hydrogen-bond donors (Lipinski definition) is 0. The van der Waals surface area contributed by atoms with Crippen LogP contribution in [0.5, 0.6) is 0 Å². The van der Waals surface area contributed by atoms with Crippen LogP contribution < -0.4 is 0 Å². The largest absolute Gasteiger partial charge is 0.368 e. The second-order valence-electron chi connectivity index (χ2n) is 4.64. The molecule has 2 heterocycles. The number of aromatic nitrogens is 2. The van der Waals surface area contributed by atoms with E-state index in [-0.39, 0.29) is 11.5 Å². The topological polar surface area (TPSA) is 38.2 Å². The summed E-state index contributed by atoms with van der Waals surface area (Å²) in [7, 11) is 0. The van der Waals surface area contributed by atoms with Crippen molar-refractivity contribution in [2.24, 2.45) is 0 Å². The van der Waals surface area contributed by atoms with Crippen molar-refractivity contribution in [3.8, 4) is 0 Å². The average molecular weight is 270 g/mol. The van der Waals surface area contributed by atoms with Crippen molar-refractivity contribution in [1.29, 1.82) is 0 Å². The number of halogens is 1. The molecule has 0 spiro atoms. The van der Waals surface area contributed by atoms with Gasteiger partial charge >= 0.3 is 0 Å². The standard InChI is InChI=1S/C13H20ClN3O/c1-4-17-5-6-18-12(8-17)13-15-7-11(9(2)14)10(3)16-13/h7,9,12H,4-6,8H2,1-3H3. The molecule has 0 N–H and O–H groups in total. The Morgan fingerprint density at radius 2 is 2.39 bits per heavy atom. The zero-order chi connectivity index (χ0) is 13.1. The number of hydrogen-bond acceptors (Lipinski definition) is 4. The minimum Gasteiger partial charge on any atom is -0.368 e. The van der Waals surface area contributed by atoms with E-state index in [4.69, 9.17) is 16.3 Å². The molecule has 1 aromatic heterocycles. The molecule has 5 heteroatoms. The van der Waals surface area contributed by atoms with E-state index in [1.165, 1.54) is 0 Å². The van der Waals surface area contributed by atoms with Gasteiger partial charge in [-0.2, -0.15) is 0 Å². The van der Waals surface area contributed by atoms with E-state index in [0.29, 0.717) is 0 Å². The first-order valence-corrected chi connectivity index (χ1v) is 6.87. The van der Waals surface area contributed by atoms with Crippen LogP contribution in [0, 0.1) is 6.92 Å². The summed E-state index contributed by atoms with van der Waals surface area (Å²) >= 11 is 6.07. The van der Waals surface area contributed by atoms with Crippen molar-refractivity contribution in [3.05, 3.63) is 23.3 Å². The highest BCUT2D eigenvalue weighted by Gasteiger charge is 2.23. The quantitative estimate of drug-likeness (QED) is 0.790. The lowest BCUT2D eigenvalue weighted by molar-refractivity contribution is -0.0326. The highest BCUT2D eigenvalue weighted by molar-refractivity contribution is 6.20. The molecule has 4 nitrogen and oxygen atoms in total. The van der Waals surface area contributed by atoms with Crippen molar-refractivity contribution in [2.75, 3.05) is 26.2 Å². The Morgan fingerprint density at radius 3 is 3.00 bits per heavy atom. The summed E-state index contributed by atoms with van der Waals surface area (Å²) in [5, 5.41) is -0.0570. The molecule has 2 rings (SSSR count). The maximum atomic E-state index is 6.07. The summed E-state index contributed by atoms with van der Waals surface area (Å²) < 4.78 is 5.75. The summed E-state index contributed by atoms with van der Waals surface area (Å²) in [6.07, 6.45) is 1.81. The summed E-state index contributed by atoms with van der Waals surface area (Å²) in [6, 6.07) is 0. The van der Waals surface area contributed by atoms with Crippen LogP contribution in [0.25, 0.3) is 0 Å². The molecule has 18 heavy (non-hydrogen) atoms. The maximum Gasteiger partial charge on any atom is 0.158 e. The van der Waals surface area contributed by atoms with Gasteiger partial charge in [0.2, 0.25) is 0 Å². The summed E-state index contributed by atoms with van der Waals surface area (Å²) in [5.41, 5.74) is 1.93. The maximum absolute atomic E-state index is 6.07. The van der Waals surface area contributed by atoms with Crippen LogP contribution >= 0.6 is 11.6 Å². The zero-order valence-corrected chi connectivity index (χ0v) is 11.9. The van der Waals surface area contributed by atoms with Gasteiger partial charge in [-0.25, -0.2) is 9.97 Å². The smallest absolute Gasteiger partial charge is 0.158 e. The molecule has 0 radical (unpaired) electrons. The Kier molecular flexibility index (Phi) is 4.54. The molecule has 2 atom stereocenters. The van der Waals surface area contributed by atoms with Crippen LogP contribution in [0.1, 0.15) is 42.4 Å². The van der Waals surface area contributed by atoms with Crippen molar-refractivity contribution >= 4 is 11.6 Å². The molecule has 0 saturated carbocycles. The lowest BCUT2D eigenvalue weighted by Crippen LogP contribution is -2.38. The van der Waals surface area contributed by atoms with E-state index >= 15 is 0 Å². The van der Waals surface area contributed by atoms with Gasteiger partial charge in [0.05, 0.1) is 12.0 Å². The average Bonchev–Trinajstić information content (AvgIpc) is 2.38. The molecule has 1 fully saturated rings. The molecule has 2 unspecified atom stereocenters. The predicted octanol–water partition coefficient (Wildman–Crippen LogP) is 2.48. The number of morpholine rings is 1. The fourth-order valence-electron chi connectivity index (χ4n) is 2.19. The van der Waals surface area contributed by atoms with Crippen LogP contribution in [0.4, 0.5) is 0 Å². The lowest BCUT2D eigenvalue weighted by Gasteiger charge is -2.31. The van der Waals surface area contributed by atoms with Gasteiger partial charge in [-0.15, -0.1) is 11.6 Å². The monoisotopic (exact) mass is 269 g/mol.